The summed E-state index contributed by atoms with van der Waals surface area (Å²) in [6, 6.07) is 22.4. The number of hydrogen-bond donors (Lipinski definition) is 3. The van der Waals surface area contributed by atoms with Crippen molar-refractivity contribution in [2.24, 2.45) is 5.41 Å². The number of hydrogen-bond acceptors (Lipinski definition) is 3. The number of rotatable bonds is 6. The summed E-state index contributed by atoms with van der Waals surface area (Å²) in [4.78, 5) is 35.7. The highest BCUT2D eigenvalue weighted by atomic mass is 16.4. The van der Waals surface area contributed by atoms with Crippen LogP contribution in [0.5, 0.6) is 0 Å². The van der Waals surface area contributed by atoms with Crippen LogP contribution in [0, 0.1) is 19.3 Å². The molecule has 3 rings (SSSR count). The molecular formula is C29H39N3O4. The van der Waals surface area contributed by atoms with Gasteiger partial charge >= 0.3 is 5.97 Å². The van der Waals surface area contributed by atoms with E-state index in [1.54, 1.807) is 23.0 Å². The van der Waals surface area contributed by atoms with E-state index in [4.69, 9.17) is 5.11 Å². The molecule has 36 heavy (non-hydrogen) atoms. The van der Waals surface area contributed by atoms with Gasteiger partial charge in [-0.3, -0.25) is 14.4 Å². The number of carbonyl (C=O) groups excluding carboxylic acids is 2. The number of benzene rings is 2. The lowest BCUT2D eigenvalue weighted by Crippen LogP contribution is -2.54. The smallest absolute Gasteiger partial charge is 0.306 e. The maximum absolute atomic E-state index is 12.6. The lowest BCUT2D eigenvalue weighted by molar-refractivity contribution is -0.141. The van der Waals surface area contributed by atoms with Crippen LogP contribution < -0.4 is 10.6 Å². The number of carboxylic acids is 1. The summed E-state index contributed by atoms with van der Waals surface area (Å²) in [5.74, 6) is -1.89. The summed E-state index contributed by atoms with van der Waals surface area (Å²) in [7, 11) is 1.50. The molecule has 7 nitrogen and oxygen atoms in total. The van der Waals surface area contributed by atoms with Gasteiger partial charge in [0.1, 0.15) is 12.1 Å². The van der Waals surface area contributed by atoms with Crippen LogP contribution >= 0.6 is 0 Å². The van der Waals surface area contributed by atoms with E-state index in [0.29, 0.717) is 0 Å². The van der Waals surface area contributed by atoms with E-state index in [2.05, 4.69) is 29.7 Å². The van der Waals surface area contributed by atoms with Crippen LogP contribution in [-0.2, 0) is 14.4 Å². The van der Waals surface area contributed by atoms with Crippen molar-refractivity contribution in [2.75, 3.05) is 7.05 Å². The van der Waals surface area contributed by atoms with Crippen LogP contribution in [-0.4, -0.2) is 40.5 Å². The van der Waals surface area contributed by atoms with Crippen LogP contribution in [0.1, 0.15) is 44.4 Å². The van der Waals surface area contributed by atoms with Gasteiger partial charge in [0.25, 0.3) is 0 Å². The second kappa shape index (κ2) is 15.2. The third-order valence-electron chi connectivity index (χ3n) is 5.16. The van der Waals surface area contributed by atoms with Gasteiger partial charge in [0.05, 0.1) is 6.42 Å². The molecule has 0 aliphatic carbocycles. The van der Waals surface area contributed by atoms with E-state index < -0.39 is 29.4 Å². The Bertz CT molecular complexity index is 1030. The molecule has 0 saturated carbocycles. The Balaban J connectivity index is 0.000000398. The van der Waals surface area contributed by atoms with E-state index in [9.17, 15) is 14.4 Å². The molecule has 0 saturated heterocycles. The van der Waals surface area contributed by atoms with E-state index in [-0.39, 0.29) is 12.3 Å². The fraction of sp³-hybridized carbons (Fsp3) is 0.345. The Morgan fingerprint density at radius 3 is 1.67 bits per heavy atom. The lowest BCUT2D eigenvalue weighted by atomic mass is 9.86. The Labute approximate surface area is 214 Å². The van der Waals surface area contributed by atoms with Gasteiger partial charge < -0.3 is 20.3 Å². The second-order valence-electron chi connectivity index (χ2n) is 9.48. The van der Waals surface area contributed by atoms with Crippen molar-refractivity contribution in [3.8, 4) is 0 Å². The molecule has 0 fully saturated rings. The Morgan fingerprint density at radius 1 is 0.833 bits per heavy atom. The minimum atomic E-state index is -1.08. The summed E-state index contributed by atoms with van der Waals surface area (Å²) < 4.78 is 1.56. The average molecular weight is 494 g/mol. The molecular weight excluding hydrogens is 454 g/mol. The number of likely N-dealkylation sites (N-methyl/N-ethyl adjacent to an activating group) is 1. The fourth-order valence-electron chi connectivity index (χ4n) is 3.20. The first-order valence-electron chi connectivity index (χ1n) is 11.8. The van der Waals surface area contributed by atoms with E-state index in [1.165, 1.54) is 12.6 Å². The monoisotopic (exact) mass is 493 g/mol. The normalized spacial score (nSPS) is 11.9. The molecule has 0 aliphatic heterocycles. The highest BCUT2D eigenvalue weighted by molar-refractivity contribution is 5.91. The van der Waals surface area contributed by atoms with Crippen molar-refractivity contribution in [2.45, 2.75) is 53.1 Å². The third-order valence-corrected chi connectivity index (χ3v) is 5.16. The molecule has 0 bridgehead atoms. The quantitative estimate of drug-likeness (QED) is 0.460. The maximum Gasteiger partial charge on any atom is 0.306 e. The molecule has 3 aromatic rings. The lowest BCUT2D eigenvalue weighted by Gasteiger charge is -2.31. The average Bonchev–Trinajstić information content (AvgIpc) is 3.28. The zero-order valence-corrected chi connectivity index (χ0v) is 22.1. The maximum atomic E-state index is 12.6. The zero-order chi connectivity index (χ0) is 27.1. The zero-order valence-electron chi connectivity index (χ0n) is 22.1. The minimum Gasteiger partial charge on any atom is -0.481 e. The van der Waals surface area contributed by atoms with Gasteiger partial charge in [0.15, 0.2) is 0 Å². The van der Waals surface area contributed by atoms with Crippen molar-refractivity contribution in [1.29, 1.82) is 0 Å². The van der Waals surface area contributed by atoms with Crippen LogP contribution in [0.25, 0.3) is 0 Å². The number of amides is 2. The van der Waals surface area contributed by atoms with E-state index >= 15 is 0 Å². The van der Waals surface area contributed by atoms with E-state index in [1.807, 2.05) is 82.3 Å². The van der Waals surface area contributed by atoms with Gasteiger partial charge in [-0.1, -0.05) is 93.1 Å². The molecule has 1 unspecified atom stereocenters. The molecule has 3 N–H and O–H groups in total. The first kappa shape index (κ1) is 30.2. The summed E-state index contributed by atoms with van der Waals surface area (Å²) in [6.45, 7) is 9.44. The Morgan fingerprint density at radius 2 is 1.33 bits per heavy atom. The molecule has 0 spiro atoms. The van der Waals surface area contributed by atoms with Gasteiger partial charge in [0.2, 0.25) is 11.8 Å². The number of carbonyl (C=O) groups is 3. The molecule has 0 radical (unpaired) electrons. The largest absolute Gasteiger partial charge is 0.481 e. The molecule has 194 valence electrons. The molecule has 1 heterocycles. The van der Waals surface area contributed by atoms with Crippen LogP contribution in [0.4, 0.5) is 0 Å². The highest BCUT2D eigenvalue weighted by Crippen LogP contribution is 2.21. The van der Waals surface area contributed by atoms with Crippen molar-refractivity contribution < 1.29 is 19.5 Å². The summed E-state index contributed by atoms with van der Waals surface area (Å²) >= 11 is 0. The van der Waals surface area contributed by atoms with Crippen molar-refractivity contribution in [3.05, 3.63) is 96.3 Å². The number of carboxylic acid groups (broad SMARTS) is 1. The minimum absolute atomic E-state index is 0.316. The van der Waals surface area contributed by atoms with Crippen LogP contribution in [0.15, 0.2) is 85.2 Å². The molecule has 2 amide bonds. The number of nitrogens with one attached hydrogen (secondary N) is 2. The van der Waals surface area contributed by atoms with Gasteiger partial charge in [-0.25, -0.2) is 0 Å². The van der Waals surface area contributed by atoms with Crippen molar-refractivity contribution in [3.63, 3.8) is 0 Å². The SMILES string of the molecule is CNC(=O)[C@@H](NC(=O)C(CC(=O)O)n1ccc(C)c1)C(C)(C)C.Cc1ccccc1.c1ccccc1. The van der Waals surface area contributed by atoms with Gasteiger partial charge in [0, 0.05) is 19.4 Å². The van der Waals surface area contributed by atoms with Crippen LogP contribution in [0.2, 0.25) is 0 Å². The molecule has 2 aromatic carbocycles. The molecule has 2 atom stereocenters. The summed E-state index contributed by atoms with van der Waals surface area (Å²) in [5.41, 5.74) is 1.74. The number of aromatic nitrogens is 1. The summed E-state index contributed by atoms with van der Waals surface area (Å²) in [5, 5.41) is 14.3. The third kappa shape index (κ3) is 11.5. The summed E-state index contributed by atoms with van der Waals surface area (Å²) in [6.07, 6.45) is 3.01. The Hall–Kier alpha value is -3.87. The first-order chi connectivity index (χ1) is 17.0. The highest BCUT2D eigenvalue weighted by Gasteiger charge is 2.34. The number of nitrogens with zero attached hydrogens (tertiary/aromatic N) is 1. The predicted molar refractivity (Wildman–Crippen MR) is 144 cm³/mol. The van der Waals surface area contributed by atoms with Crippen LogP contribution in [0.3, 0.4) is 0 Å². The van der Waals surface area contributed by atoms with Crippen molar-refractivity contribution >= 4 is 17.8 Å². The van der Waals surface area contributed by atoms with Gasteiger partial charge in [-0.05, 0) is 30.9 Å². The fourth-order valence-corrected chi connectivity index (χ4v) is 3.20. The predicted octanol–water partition coefficient (Wildman–Crippen LogP) is 4.77. The molecule has 7 heteroatoms. The van der Waals surface area contributed by atoms with Gasteiger partial charge in [-0.2, -0.15) is 0 Å². The van der Waals surface area contributed by atoms with Crippen molar-refractivity contribution in [1.82, 2.24) is 15.2 Å². The second-order valence-corrected chi connectivity index (χ2v) is 9.48. The topological polar surface area (TPSA) is 100 Å². The first-order valence-corrected chi connectivity index (χ1v) is 11.8. The number of aliphatic carboxylic acids is 1. The Kier molecular flexibility index (Phi) is 12.7. The molecule has 0 aliphatic rings. The van der Waals surface area contributed by atoms with Gasteiger partial charge in [-0.15, -0.1) is 0 Å². The van der Waals surface area contributed by atoms with E-state index in [0.717, 1.165) is 5.56 Å². The standard InChI is InChI=1S/C16H25N3O4.C7H8.C6H6/c1-10-6-7-19(9-10)11(8-12(20)21)14(22)18-13(15(23)17-5)16(2,3)4;1-7-5-3-2-4-6-7;1-2-4-6-5-3-1/h6-7,9,11,13H,8H2,1-5H3,(H,17,23)(H,18,22)(H,20,21);2-6H,1H3;1-6H/t11?,13-;;/m1../s1. The molecule has 1 aromatic heterocycles. The number of aryl methyl sites for hydroxylation is 2.